The molecule has 0 aliphatic carbocycles. The van der Waals surface area contributed by atoms with Crippen LogP contribution in [0.2, 0.25) is 20.1 Å². The van der Waals surface area contributed by atoms with Gasteiger partial charge in [0.2, 0.25) is 0 Å². The molecule has 0 bridgehead atoms. The average molecular weight is 407 g/mol. The summed E-state index contributed by atoms with van der Waals surface area (Å²) in [4.78, 5) is 23.9. The lowest BCUT2D eigenvalue weighted by atomic mass is 10.2. The summed E-state index contributed by atoms with van der Waals surface area (Å²) < 4.78 is 4.93. The Morgan fingerprint density at radius 3 is 2.42 bits per heavy atom. The molecule has 0 aliphatic heterocycles. The number of carbonyl (C=O) groups excluding carboxylic acids is 2. The quantitative estimate of drug-likeness (QED) is 0.691. The monoisotopic (exact) mass is 405 g/mol. The van der Waals surface area contributed by atoms with E-state index in [2.05, 4.69) is 5.32 Å². The normalized spacial score (nSPS) is 10.4. The molecular formula is C16H11Cl4NO3. The largest absolute Gasteiger partial charge is 0.452 e. The Labute approximate surface area is 158 Å². The standard InChI is InChI=1S/C16H11Cl4NO3/c1-8-2-5-11(18)15(14(8)20)21-13(22)7-24-16(23)10-4-3-9(17)6-12(10)19/h2-6H,7H2,1H3,(H,21,22). The van der Waals surface area contributed by atoms with Gasteiger partial charge in [-0.2, -0.15) is 0 Å². The second-order valence-corrected chi connectivity index (χ2v) is 6.43. The lowest BCUT2D eigenvalue weighted by molar-refractivity contribution is -0.119. The van der Waals surface area contributed by atoms with Crippen LogP contribution in [0.5, 0.6) is 0 Å². The van der Waals surface area contributed by atoms with Crippen molar-refractivity contribution in [2.24, 2.45) is 0 Å². The predicted molar refractivity (Wildman–Crippen MR) is 96.6 cm³/mol. The van der Waals surface area contributed by atoms with Crippen molar-refractivity contribution in [1.29, 1.82) is 0 Å². The number of rotatable bonds is 4. The molecule has 0 radical (unpaired) electrons. The number of hydrogen-bond acceptors (Lipinski definition) is 3. The summed E-state index contributed by atoms with van der Waals surface area (Å²) >= 11 is 23.8. The summed E-state index contributed by atoms with van der Waals surface area (Å²) in [6.07, 6.45) is 0. The highest BCUT2D eigenvalue weighted by atomic mass is 35.5. The van der Waals surface area contributed by atoms with Crippen LogP contribution >= 0.6 is 46.4 Å². The number of benzene rings is 2. The topological polar surface area (TPSA) is 55.4 Å². The van der Waals surface area contributed by atoms with Gasteiger partial charge in [0.05, 0.1) is 26.3 Å². The number of esters is 1. The molecular weight excluding hydrogens is 396 g/mol. The third-order valence-electron chi connectivity index (χ3n) is 3.03. The van der Waals surface area contributed by atoms with Gasteiger partial charge in [0, 0.05) is 5.02 Å². The van der Waals surface area contributed by atoms with Crippen LogP contribution in [0.1, 0.15) is 15.9 Å². The molecule has 0 saturated carbocycles. The van der Waals surface area contributed by atoms with Crippen molar-refractivity contribution in [2.75, 3.05) is 11.9 Å². The summed E-state index contributed by atoms with van der Waals surface area (Å²) in [6, 6.07) is 7.66. The highest BCUT2D eigenvalue weighted by Gasteiger charge is 2.16. The molecule has 0 heterocycles. The number of aryl methyl sites for hydroxylation is 1. The van der Waals surface area contributed by atoms with Crippen LogP contribution in [-0.2, 0) is 9.53 Å². The Bertz CT molecular complexity index is 808. The molecule has 126 valence electrons. The molecule has 0 aromatic heterocycles. The van der Waals surface area contributed by atoms with E-state index in [1.165, 1.54) is 18.2 Å². The summed E-state index contributed by atoms with van der Waals surface area (Å²) in [5.74, 6) is -1.32. The molecule has 2 aromatic rings. The number of hydrogen-bond donors (Lipinski definition) is 1. The van der Waals surface area contributed by atoms with E-state index >= 15 is 0 Å². The van der Waals surface area contributed by atoms with Crippen LogP contribution in [0.15, 0.2) is 30.3 Å². The van der Waals surface area contributed by atoms with Crippen molar-refractivity contribution in [1.82, 2.24) is 0 Å². The third-order valence-corrected chi connectivity index (χ3v) is 4.38. The second kappa shape index (κ2) is 8.08. The van der Waals surface area contributed by atoms with Crippen molar-refractivity contribution in [3.8, 4) is 0 Å². The van der Waals surface area contributed by atoms with Crippen molar-refractivity contribution in [3.05, 3.63) is 61.5 Å². The van der Waals surface area contributed by atoms with Gasteiger partial charge in [-0.05, 0) is 36.8 Å². The molecule has 4 nitrogen and oxygen atoms in total. The highest BCUT2D eigenvalue weighted by Crippen LogP contribution is 2.32. The Hall–Kier alpha value is -1.46. The molecule has 0 unspecified atom stereocenters. The number of amides is 1. The van der Waals surface area contributed by atoms with Gasteiger partial charge in [0.1, 0.15) is 0 Å². The van der Waals surface area contributed by atoms with Gasteiger partial charge in [-0.3, -0.25) is 4.79 Å². The summed E-state index contributed by atoms with van der Waals surface area (Å²) in [5.41, 5.74) is 1.13. The van der Waals surface area contributed by atoms with Crippen LogP contribution in [0.4, 0.5) is 5.69 Å². The molecule has 24 heavy (non-hydrogen) atoms. The fourth-order valence-electron chi connectivity index (χ4n) is 1.81. The van der Waals surface area contributed by atoms with Gasteiger partial charge in [0.15, 0.2) is 6.61 Å². The van der Waals surface area contributed by atoms with Crippen LogP contribution in [0.25, 0.3) is 0 Å². The summed E-state index contributed by atoms with van der Waals surface area (Å²) in [5, 5.41) is 3.65. The van der Waals surface area contributed by atoms with Crippen molar-refractivity contribution in [3.63, 3.8) is 0 Å². The van der Waals surface area contributed by atoms with Gasteiger partial charge in [0.25, 0.3) is 5.91 Å². The van der Waals surface area contributed by atoms with Gasteiger partial charge in [-0.25, -0.2) is 4.79 Å². The molecule has 2 rings (SSSR count). The Morgan fingerprint density at radius 2 is 1.75 bits per heavy atom. The van der Waals surface area contributed by atoms with E-state index in [1.807, 2.05) is 0 Å². The maximum atomic E-state index is 11.9. The fraction of sp³-hybridized carbons (Fsp3) is 0.125. The molecule has 8 heteroatoms. The van der Waals surface area contributed by atoms with E-state index in [1.54, 1.807) is 19.1 Å². The first-order valence-corrected chi connectivity index (χ1v) is 8.17. The van der Waals surface area contributed by atoms with Crippen LogP contribution in [0, 0.1) is 6.92 Å². The van der Waals surface area contributed by atoms with Crippen LogP contribution in [0.3, 0.4) is 0 Å². The minimum absolute atomic E-state index is 0.112. The maximum Gasteiger partial charge on any atom is 0.340 e. The second-order valence-electron chi connectivity index (χ2n) is 4.80. The van der Waals surface area contributed by atoms with E-state index in [0.29, 0.717) is 10.0 Å². The number of carbonyl (C=O) groups is 2. The Kier molecular flexibility index (Phi) is 6.35. The lowest BCUT2D eigenvalue weighted by Gasteiger charge is -2.11. The SMILES string of the molecule is Cc1ccc(Cl)c(NC(=O)COC(=O)c2ccc(Cl)cc2Cl)c1Cl. The number of anilines is 1. The first kappa shape index (κ1) is 18.9. The van der Waals surface area contributed by atoms with E-state index in [9.17, 15) is 9.59 Å². The van der Waals surface area contributed by atoms with E-state index in [0.717, 1.165) is 5.56 Å². The zero-order valence-corrected chi connectivity index (χ0v) is 15.4. The van der Waals surface area contributed by atoms with Gasteiger partial charge in [-0.15, -0.1) is 0 Å². The number of nitrogens with one attached hydrogen (secondary N) is 1. The van der Waals surface area contributed by atoms with E-state index in [-0.39, 0.29) is 21.3 Å². The van der Waals surface area contributed by atoms with E-state index < -0.39 is 18.5 Å². The minimum Gasteiger partial charge on any atom is -0.452 e. The van der Waals surface area contributed by atoms with Crippen molar-refractivity contribution in [2.45, 2.75) is 6.92 Å². The van der Waals surface area contributed by atoms with Crippen LogP contribution in [-0.4, -0.2) is 18.5 Å². The van der Waals surface area contributed by atoms with Crippen molar-refractivity contribution >= 4 is 64.0 Å². The Balaban J connectivity index is 2.01. The van der Waals surface area contributed by atoms with Gasteiger partial charge >= 0.3 is 5.97 Å². The van der Waals surface area contributed by atoms with Crippen molar-refractivity contribution < 1.29 is 14.3 Å². The Morgan fingerprint density at radius 1 is 1.04 bits per heavy atom. The molecule has 0 atom stereocenters. The molecule has 0 saturated heterocycles. The van der Waals surface area contributed by atoms with Crippen LogP contribution < -0.4 is 5.32 Å². The fourth-order valence-corrected chi connectivity index (χ4v) is 2.76. The predicted octanol–water partition coefficient (Wildman–Crippen LogP) is 5.40. The first-order valence-electron chi connectivity index (χ1n) is 6.66. The smallest absolute Gasteiger partial charge is 0.340 e. The lowest BCUT2D eigenvalue weighted by Crippen LogP contribution is -2.21. The average Bonchev–Trinajstić information content (AvgIpc) is 2.53. The van der Waals surface area contributed by atoms with E-state index in [4.69, 9.17) is 51.1 Å². The third kappa shape index (κ3) is 4.54. The van der Waals surface area contributed by atoms with Gasteiger partial charge < -0.3 is 10.1 Å². The molecule has 0 aliphatic rings. The molecule has 0 spiro atoms. The summed E-state index contributed by atoms with van der Waals surface area (Å²) in [7, 11) is 0. The molecule has 0 fully saturated rings. The van der Waals surface area contributed by atoms with Gasteiger partial charge in [-0.1, -0.05) is 52.5 Å². The first-order chi connectivity index (χ1) is 11.3. The number of halogens is 4. The zero-order chi connectivity index (χ0) is 17.9. The zero-order valence-electron chi connectivity index (χ0n) is 12.3. The molecule has 2 aromatic carbocycles. The highest BCUT2D eigenvalue weighted by molar-refractivity contribution is 6.40. The number of ether oxygens (including phenoxy) is 1. The maximum absolute atomic E-state index is 11.9. The minimum atomic E-state index is -0.742. The summed E-state index contributed by atoms with van der Waals surface area (Å²) in [6.45, 7) is 1.26. The molecule has 1 amide bonds. The molecule has 1 N–H and O–H groups in total.